The van der Waals surface area contributed by atoms with Crippen LogP contribution < -0.4 is 5.73 Å². The number of nitrogens with two attached hydrogens (primary N) is 1. The highest BCUT2D eigenvalue weighted by molar-refractivity contribution is 6.32. The number of phenolic OH excluding ortho intramolecular Hbond substituents is 2. The topological polar surface area (TPSA) is 108 Å². The first-order chi connectivity index (χ1) is 7.08. The minimum absolute atomic E-state index is 0.0216. The van der Waals surface area contributed by atoms with Crippen molar-refractivity contribution in [1.29, 1.82) is 0 Å². The quantitative estimate of drug-likeness (QED) is 0.545. The predicted octanol–water partition coefficient (Wildman–Crippen LogP) is 1.12. The van der Waals surface area contributed by atoms with Crippen LogP contribution in [-0.4, -0.2) is 25.4 Å². The Balaban J connectivity index is 2.55. The molecule has 0 aliphatic carbocycles. The minimum Gasteiger partial charge on any atom is -0.504 e. The van der Waals surface area contributed by atoms with Gasteiger partial charge in [-0.1, -0.05) is 11.6 Å². The smallest absolute Gasteiger partial charge is 0.216 e. The average Bonchev–Trinajstić information content (AvgIpc) is 2.60. The number of phenols is 2. The Labute approximate surface area is 89.3 Å². The van der Waals surface area contributed by atoms with Crippen LogP contribution in [0.1, 0.15) is 0 Å². The lowest BCUT2D eigenvalue weighted by molar-refractivity contribution is 0.404. The number of benzene rings is 1. The van der Waals surface area contributed by atoms with Crippen LogP contribution in [0.25, 0.3) is 11.4 Å². The van der Waals surface area contributed by atoms with E-state index >= 15 is 0 Å². The van der Waals surface area contributed by atoms with Crippen LogP contribution >= 0.6 is 11.6 Å². The molecule has 2 rings (SSSR count). The molecule has 7 heteroatoms. The first kappa shape index (κ1) is 9.60. The summed E-state index contributed by atoms with van der Waals surface area (Å²) in [5, 5.41) is 24.8. The summed E-state index contributed by atoms with van der Waals surface area (Å²) in [5.74, 6) is -0.247. The van der Waals surface area contributed by atoms with E-state index in [0.717, 1.165) is 0 Å². The number of aromatic hydroxyl groups is 2. The highest BCUT2D eigenvalue weighted by Gasteiger charge is 2.11. The van der Waals surface area contributed by atoms with E-state index in [2.05, 4.69) is 15.2 Å². The van der Waals surface area contributed by atoms with E-state index in [4.69, 9.17) is 17.3 Å². The third-order valence-corrected chi connectivity index (χ3v) is 2.09. The molecule has 0 atom stereocenters. The van der Waals surface area contributed by atoms with Gasteiger partial charge in [-0.05, 0) is 12.1 Å². The Morgan fingerprint density at radius 1 is 1.33 bits per heavy atom. The summed E-state index contributed by atoms with van der Waals surface area (Å²) in [6, 6.07) is 2.73. The molecule has 1 aromatic heterocycles. The maximum atomic E-state index is 9.32. The van der Waals surface area contributed by atoms with E-state index in [0.29, 0.717) is 11.4 Å². The number of H-pyrrole nitrogens is 1. The number of aromatic nitrogens is 3. The fourth-order valence-corrected chi connectivity index (χ4v) is 1.33. The zero-order chi connectivity index (χ0) is 11.0. The Hall–Kier alpha value is -1.95. The second-order valence-corrected chi connectivity index (χ2v) is 3.28. The van der Waals surface area contributed by atoms with Crippen molar-refractivity contribution < 1.29 is 10.2 Å². The summed E-state index contributed by atoms with van der Waals surface area (Å²) in [4.78, 5) is 3.85. The maximum Gasteiger partial charge on any atom is 0.216 e. The Kier molecular flexibility index (Phi) is 2.12. The van der Waals surface area contributed by atoms with E-state index < -0.39 is 0 Å². The number of rotatable bonds is 1. The lowest BCUT2D eigenvalue weighted by Gasteiger charge is -2.02. The summed E-state index contributed by atoms with van der Waals surface area (Å²) in [7, 11) is 0. The normalized spacial score (nSPS) is 10.5. The van der Waals surface area contributed by atoms with Gasteiger partial charge in [0.2, 0.25) is 5.95 Å². The molecule has 6 nitrogen and oxygen atoms in total. The molecular formula is C8H7ClN4O2. The van der Waals surface area contributed by atoms with Gasteiger partial charge in [-0.2, -0.15) is 10.1 Å². The SMILES string of the molecule is Nc1nc(-c2cc(O)c(O)c(Cl)c2)n[nH]1. The van der Waals surface area contributed by atoms with Gasteiger partial charge in [0.1, 0.15) is 0 Å². The van der Waals surface area contributed by atoms with Gasteiger partial charge in [0, 0.05) is 5.56 Å². The first-order valence-corrected chi connectivity index (χ1v) is 4.35. The van der Waals surface area contributed by atoms with Crippen molar-refractivity contribution in [2.45, 2.75) is 0 Å². The van der Waals surface area contributed by atoms with E-state index in [1.54, 1.807) is 0 Å². The van der Waals surface area contributed by atoms with Crippen LogP contribution in [0.2, 0.25) is 5.02 Å². The van der Waals surface area contributed by atoms with Crippen LogP contribution in [0, 0.1) is 0 Å². The lowest BCUT2D eigenvalue weighted by Crippen LogP contribution is -1.85. The van der Waals surface area contributed by atoms with Crippen LogP contribution in [0.5, 0.6) is 11.5 Å². The molecule has 0 aliphatic heterocycles. The molecule has 0 fully saturated rings. The third kappa shape index (κ3) is 1.66. The zero-order valence-electron chi connectivity index (χ0n) is 7.40. The molecule has 0 saturated carbocycles. The highest BCUT2D eigenvalue weighted by Crippen LogP contribution is 2.36. The molecular weight excluding hydrogens is 220 g/mol. The van der Waals surface area contributed by atoms with E-state index in [9.17, 15) is 10.2 Å². The molecule has 0 amide bonds. The Morgan fingerprint density at radius 2 is 2.07 bits per heavy atom. The van der Waals surface area contributed by atoms with Crippen molar-refractivity contribution in [2.75, 3.05) is 5.73 Å². The lowest BCUT2D eigenvalue weighted by atomic mass is 10.2. The van der Waals surface area contributed by atoms with Crippen molar-refractivity contribution in [2.24, 2.45) is 0 Å². The minimum atomic E-state index is -0.371. The standard InChI is InChI=1S/C8H7ClN4O2/c9-4-1-3(2-5(14)6(4)15)7-11-8(10)13-12-7/h1-2,14-15H,(H3,10,11,12,13). The number of anilines is 1. The molecule has 5 N–H and O–H groups in total. The maximum absolute atomic E-state index is 9.32. The summed E-state index contributed by atoms with van der Waals surface area (Å²) >= 11 is 5.67. The van der Waals surface area contributed by atoms with E-state index in [-0.39, 0.29) is 22.5 Å². The van der Waals surface area contributed by atoms with Crippen molar-refractivity contribution in [3.63, 3.8) is 0 Å². The summed E-state index contributed by atoms with van der Waals surface area (Å²) in [6.07, 6.45) is 0. The van der Waals surface area contributed by atoms with Gasteiger partial charge in [0.05, 0.1) is 5.02 Å². The van der Waals surface area contributed by atoms with Crippen molar-refractivity contribution in [3.05, 3.63) is 17.2 Å². The van der Waals surface area contributed by atoms with Crippen LogP contribution in [0.3, 0.4) is 0 Å². The fraction of sp³-hybridized carbons (Fsp3) is 0. The van der Waals surface area contributed by atoms with Crippen LogP contribution in [-0.2, 0) is 0 Å². The van der Waals surface area contributed by atoms with Gasteiger partial charge in [-0.25, -0.2) is 5.10 Å². The summed E-state index contributed by atoms with van der Waals surface area (Å²) < 4.78 is 0. The highest BCUT2D eigenvalue weighted by atomic mass is 35.5. The molecule has 2 aromatic rings. The van der Waals surface area contributed by atoms with E-state index in [1.165, 1.54) is 12.1 Å². The molecule has 1 aromatic carbocycles. The number of hydrogen-bond acceptors (Lipinski definition) is 5. The summed E-state index contributed by atoms with van der Waals surface area (Å²) in [6.45, 7) is 0. The Morgan fingerprint density at radius 3 is 2.60 bits per heavy atom. The average molecular weight is 227 g/mol. The molecule has 78 valence electrons. The second-order valence-electron chi connectivity index (χ2n) is 2.87. The van der Waals surface area contributed by atoms with Crippen molar-refractivity contribution >= 4 is 17.5 Å². The number of nitrogens with zero attached hydrogens (tertiary/aromatic N) is 2. The molecule has 1 heterocycles. The molecule has 0 spiro atoms. The third-order valence-electron chi connectivity index (χ3n) is 1.80. The molecule has 0 bridgehead atoms. The van der Waals surface area contributed by atoms with Crippen LogP contribution in [0.15, 0.2) is 12.1 Å². The van der Waals surface area contributed by atoms with Crippen molar-refractivity contribution in [3.8, 4) is 22.9 Å². The van der Waals surface area contributed by atoms with E-state index in [1.807, 2.05) is 0 Å². The van der Waals surface area contributed by atoms with Gasteiger partial charge in [0.15, 0.2) is 17.3 Å². The summed E-state index contributed by atoms with van der Waals surface area (Å²) in [5.41, 5.74) is 5.81. The number of nitrogens with one attached hydrogen (secondary N) is 1. The largest absolute Gasteiger partial charge is 0.504 e. The Bertz CT molecular complexity index is 488. The molecule has 0 saturated heterocycles. The molecule has 0 aliphatic rings. The fourth-order valence-electron chi connectivity index (χ4n) is 1.12. The van der Waals surface area contributed by atoms with Gasteiger partial charge in [0.25, 0.3) is 0 Å². The first-order valence-electron chi connectivity index (χ1n) is 3.97. The number of aromatic amines is 1. The molecule has 15 heavy (non-hydrogen) atoms. The van der Waals surface area contributed by atoms with Gasteiger partial charge >= 0.3 is 0 Å². The van der Waals surface area contributed by atoms with Gasteiger partial charge in [-0.15, -0.1) is 0 Å². The number of halogens is 1. The van der Waals surface area contributed by atoms with Crippen molar-refractivity contribution in [1.82, 2.24) is 15.2 Å². The monoisotopic (exact) mass is 226 g/mol. The number of nitrogen functional groups attached to an aromatic ring is 1. The van der Waals surface area contributed by atoms with Gasteiger partial charge in [-0.3, -0.25) is 0 Å². The molecule has 0 radical (unpaired) electrons. The predicted molar refractivity (Wildman–Crippen MR) is 54.6 cm³/mol. The number of hydrogen-bond donors (Lipinski definition) is 4. The molecule has 0 unspecified atom stereocenters. The zero-order valence-corrected chi connectivity index (χ0v) is 8.15. The van der Waals surface area contributed by atoms with Crippen LogP contribution in [0.4, 0.5) is 5.95 Å². The van der Waals surface area contributed by atoms with Gasteiger partial charge < -0.3 is 15.9 Å². The second kappa shape index (κ2) is 3.32.